The third-order valence-corrected chi connectivity index (χ3v) is 3.36. The fourth-order valence-corrected chi connectivity index (χ4v) is 2.13. The third-order valence-electron chi connectivity index (χ3n) is 3.36. The van der Waals surface area contributed by atoms with Crippen LogP contribution in [0.1, 0.15) is 56.3 Å². The molecule has 0 bridgehead atoms. The number of carbonyl (C=O) groups is 1. The average Bonchev–Trinajstić information content (AvgIpc) is 2.38. The SMILES string of the molecule is CC(C)CCCCCCNc1ccc(C(N)=O)cc1N. The fraction of sp³-hybridized carbons (Fsp3) is 0.562. The first-order valence-electron chi connectivity index (χ1n) is 7.44. The number of rotatable bonds is 9. The van der Waals surface area contributed by atoms with Crippen molar-refractivity contribution >= 4 is 17.3 Å². The van der Waals surface area contributed by atoms with Crippen LogP contribution in [0.2, 0.25) is 0 Å². The van der Waals surface area contributed by atoms with E-state index in [2.05, 4.69) is 19.2 Å². The molecule has 5 N–H and O–H groups in total. The summed E-state index contributed by atoms with van der Waals surface area (Å²) in [6, 6.07) is 5.13. The van der Waals surface area contributed by atoms with E-state index >= 15 is 0 Å². The molecule has 0 aliphatic carbocycles. The second-order valence-corrected chi connectivity index (χ2v) is 5.69. The van der Waals surface area contributed by atoms with Crippen molar-refractivity contribution in [3.05, 3.63) is 23.8 Å². The van der Waals surface area contributed by atoms with E-state index in [9.17, 15) is 4.79 Å². The van der Waals surface area contributed by atoms with Crippen LogP contribution in [-0.2, 0) is 0 Å². The van der Waals surface area contributed by atoms with Crippen molar-refractivity contribution in [1.82, 2.24) is 0 Å². The predicted octanol–water partition coefficient (Wildman–Crippen LogP) is 3.39. The van der Waals surface area contributed by atoms with Gasteiger partial charge in [-0.2, -0.15) is 0 Å². The smallest absolute Gasteiger partial charge is 0.248 e. The number of hydrogen-bond acceptors (Lipinski definition) is 3. The molecule has 112 valence electrons. The molecule has 1 aromatic rings. The van der Waals surface area contributed by atoms with Gasteiger partial charge in [0.1, 0.15) is 0 Å². The molecule has 20 heavy (non-hydrogen) atoms. The number of unbranched alkanes of at least 4 members (excludes halogenated alkanes) is 3. The van der Waals surface area contributed by atoms with E-state index in [0.29, 0.717) is 11.3 Å². The van der Waals surface area contributed by atoms with Gasteiger partial charge in [0.2, 0.25) is 5.91 Å². The fourth-order valence-electron chi connectivity index (χ4n) is 2.13. The Labute approximate surface area is 121 Å². The number of nitrogens with one attached hydrogen (secondary N) is 1. The monoisotopic (exact) mass is 277 g/mol. The molecule has 1 amide bonds. The van der Waals surface area contributed by atoms with Crippen LogP contribution in [-0.4, -0.2) is 12.5 Å². The standard InChI is InChI=1S/C16H27N3O/c1-12(2)7-5-3-4-6-10-19-15-9-8-13(16(18)20)11-14(15)17/h8-9,11-12,19H,3-7,10,17H2,1-2H3,(H2,18,20). The van der Waals surface area contributed by atoms with E-state index in [0.717, 1.165) is 24.6 Å². The summed E-state index contributed by atoms with van der Waals surface area (Å²) in [4.78, 5) is 11.0. The second kappa shape index (κ2) is 8.46. The Morgan fingerprint density at radius 1 is 1.20 bits per heavy atom. The largest absolute Gasteiger partial charge is 0.397 e. The third kappa shape index (κ3) is 5.95. The van der Waals surface area contributed by atoms with E-state index in [4.69, 9.17) is 11.5 Å². The van der Waals surface area contributed by atoms with Crippen LogP contribution < -0.4 is 16.8 Å². The summed E-state index contributed by atoms with van der Waals surface area (Å²) >= 11 is 0. The molecule has 0 fully saturated rings. The van der Waals surface area contributed by atoms with Gasteiger partial charge >= 0.3 is 0 Å². The van der Waals surface area contributed by atoms with E-state index in [-0.39, 0.29) is 0 Å². The Morgan fingerprint density at radius 3 is 2.50 bits per heavy atom. The Kier molecular flexibility index (Phi) is 6.91. The van der Waals surface area contributed by atoms with Crippen LogP contribution in [0, 0.1) is 5.92 Å². The highest BCUT2D eigenvalue weighted by Gasteiger charge is 2.04. The Balaban J connectivity index is 2.24. The van der Waals surface area contributed by atoms with E-state index < -0.39 is 5.91 Å². The lowest BCUT2D eigenvalue weighted by Gasteiger charge is -2.10. The zero-order chi connectivity index (χ0) is 15.0. The van der Waals surface area contributed by atoms with Crippen LogP contribution in [0.25, 0.3) is 0 Å². The lowest BCUT2D eigenvalue weighted by Crippen LogP contribution is -2.12. The summed E-state index contributed by atoms with van der Waals surface area (Å²) < 4.78 is 0. The van der Waals surface area contributed by atoms with Crippen LogP contribution in [0.5, 0.6) is 0 Å². The lowest BCUT2D eigenvalue weighted by molar-refractivity contribution is 0.100. The van der Waals surface area contributed by atoms with E-state index in [1.54, 1.807) is 12.1 Å². The topological polar surface area (TPSA) is 81.1 Å². The zero-order valence-electron chi connectivity index (χ0n) is 12.6. The number of primary amides is 1. The van der Waals surface area contributed by atoms with Crippen LogP contribution in [0.3, 0.4) is 0 Å². The van der Waals surface area contributed by atoms with Gasteiger partial charge in [-0.25, -0.2) is 0 Å². The van der Waals surface area contributed by atoms with Gasteiger partial charge < -0.3 is 16.8 Å². The molecule has 1 aromatic carbocycles. The van der Waals surface area contributed by atoms with Crippen LogP contribution in [0.4, 0.5) is 11.4 Å². The van der Waals surface area contributed by atoms with Gasteiger partial charge in [-0.3, -0.25) is 4.79 Å². The van der Waals surface area contributed by atoms with Gasteiger partial charge in [0.05, 0.1) is 11.4 Å². The summed E-state index contributed by atoms with van der Waals surface area (Å²) in [5.41, 5.74) is 13.0. The van der Waals surface area contributed by atoms with E-state index in [1.165, 1.54) is 25.7 Å². The quantitative estimate of drug-likeness (QED) is 0.478. The molecule has 0 radical (unpaired) electrons. The average molecular weight is 277 g/mol. The lowest BCUT2D eigenvalue weighted by atomic mass is 10.0. The number of nitrogens with two attached hydrogens (primary N) is 2. The number of nitrogen functional groups attached to an aromatic ring is 1. The summed E-state index contributed by atoms with van der Waals surface area (Å²) in [5, 5.41) is 3.30. The van der Waals surface area contributed by atoms with Gasteiger partial charge in [-0.15, -0.1) is 0 Å². The summed E-state index contributed by atoms with van der Waals surface area (Å²) in [6.45, 7) is 5.43. The van der Waals surface area contributed by atoms with Crippen molar-refractivity contribution in [3.63, 3.8) is 0 Å². The van der Waals surface area contributed by atoms with Crippen molar-refractivity contribution in [2.75, 3.05) is 17.6 Å². The molecule has 4 heteroatoms. The highest BCUT2D eigenvalue weighted by Crippen LogP contribution is 2.20. The van der Waals surface area contributed by atoms with Gasteiger partial charge in [0.15, 0.2) is 0 Å². The molecule has 0 unspecified atom stereocenters. The number of amides is 1. The van der Waals surface area contributed by atoms with Crippen molar-refractivity contribution in [1.29, 1.82) is 0 Å². The number of benzene rings is 1. The molecule has 0 aromatic heterocycles. The summed E-state index contributed by atoms with van der Waals surface area (Å²) in [7, 11) is 0. The van der Waals surface area contributed by atoms with Crippen LogP contribution >= 0.6 is 0 Å². The van der Waals surface area contributed by atoms with Gasteiger partial charge in [0, 0.05) is 12.1 Å². The minimum Gasteiger partial charge on any atom is -0.397 e. The van der Waals surface area contributed by atoms with Gasteiger partial charge in [0.25, 0.3) is 0 Å². The summed E-state index contributed by atoms with van der Waals surface area (Å²) in [6.07, 6.45) is 6.28. The highest BCUT2D eigenvalue weighted by atomic mass is 16.1. The number of hydrogen-bond donors (Lipinski definition) is 3. The molecule has 0 aliphatic rings. The molecule has 0 heterocycles. The minimum absolute atomic E-state index is 0.446. The first-order chi connectivity index (χ1) is 9.50. The first kappa shape index (κ1) is 16.3. The molecule has 0 aliphatic heterocycles. The minimum atomic E-state index is -0.451. The first-order valence-corrected chi connectivity index (χ1v) is 7.44. The second-order valence-electron chi connectivity index (χ2n) is 5.69. The zero-order valence-corrected chi connectivity index (χ0v) is 12.6. The van der Waals surface area contributed by atoms with Crippen molar-refractivity contribution in [2.45, 2.75) is 46.0 Å². The molecule has 1 rings (SSSR count). The van der Waals surface area contributed by atoms with Crippen LogP contribution in [0.15, 0.2) is 18.2 Å². The van der Waals surface area contributed by atoms with Gasteiger partial charge in [-0.05, 0) is 30.5 Å². The Hall–Kier alpha value is -1.71. The molecule has 0 atom stereocenters. The van der Waals surface area contributed by atoms with Crippen molar-refractivity contribution in [3.8, 4) is 0 Å². The maximum Gasteiger partial charge on any atom is 0.248 e. The maximum absolute atomic E-state index is 11.0. The molecule has 0 saturated carbocycles. The maximum atomic E-state index is 11.0. The molecule has 4 nitrogen and oxygen atoms in total. The Morgan fingerprint density at radius 2 is 1.90 bits per heavy atom. The highest BCUT2D eigenvalue weighted by molar-refractivity contribution is 5.94. The van der Waals surface area contributed by atoms with Crippen molar-refractivity contribution < 1.29 is 4.79 Å². The van der Waals surface area contributed by atoms with E-state index in [1.807, 2.05) is 6.07 Å². The molecular formula is C16H27N3O. The normalized spacial score (nSPS) is 10.8. The summed E-state index contributed by atoms with van der Waals surface area (Å²) in [5.74, 6) is 0.352. The Bertz CT molecular complexity index is 430. The molecular weight excluding hydrogens is 250 g/mol. The number of anilines is 2. The van der Waals surface area contributed by atoms with Gasteiger partial charge in [-0.1, -0.05) is 39.5 Å². The molecule has 0 spiro atoms. The number of carbonyl (C=O) groups excluding carboxylic acids is 1. The van der Waals surface area contributed by atoms with Crippen molar-refractivity contribution in [2.24, 2.45) is 11.7 Å². The molecule has 0 saturated heterocycles. The predicted molar refractivity (Wildman–Crippen MR) is 85.8 cm³/mol.